The third kappa shape index (κ3) is 4.55. The Bertz CT molecular complexity index is 1350. The highest BCUT2D eigenvalue weighted by Crippen LogP contribution is 2.44. The quantitative estimate of drug-likeness (QED) is 0.133. The van der Waals surface area contributed by atoms with E-state index in [0.717, 1.165) is 51.7 Å². The monoisotopic (exact) mass is 528 g/mol. The molecule has 0 fully saturated rings. The predicted molar refractivity (Wildman–Crippen MR) is 126 cm³/mol. The summed E-state index contributed by atoms with van der Waals surface area (Å²) in [5.41, 5.74) is -2.21. The highest BCUT2D eigenvalue weighted by atomic mass is 16.5. The average molecular weight is 528 g/mol. The van der Waals surface area contributed by atoms with Crippen molar-refractivity contribution in [3.8, 4) is 51.7 Å². The van der Waals surface area contributed by atoms with Gasteiger partial charge in [-0.1, -0.05) is 0 Å². The lowest BCUT2D eigenvalue weighted by Crippen LogP contribution is -2.20. The summed E-state index contributed by atoms with van der Waals surface area (Å²) in [5, 5.41) is 57.8. The Morgan fingerprint density at radius 2 is 0.763 bits per heavy atom. The third-order valence-corrected chi connectivity index (χ3v) is 5.37. The molecule has 3 rings (SSSR count). The van der Waals surface area contributed by atoms with E-state index in [2.05, 4.69) is 0 Å². The Hall–Kier alpha value is -5.46. The molecule has 0 atom stereocenters. The van der Waals surface area contributed by atoms with Gasteiger partial charge in [0.1, 0.15) is 0 Å². The zero-order valence-electron chi connectivity index (χ0n) is 19.9. The van der Waals surface area contributed by atoms with Crippen LogP contribution in [0.3, 0.4) is 0 Å². The maximum absolute atomic E-state index is 13.2. The lowest BCUT2D eigenvalue weighted by Gasteiger charge is -2.18. The first-order valence-corrected chi connectivity index (χ1v) is 10.4. The lowest BCUT2D eigenvalue weighted by molar-refractivity contribution is 0.0809. The van der Waals surface area contributed by atoms with Crippen molar-refractivity contribution in [2.24, 2.45) is 0 Å². The van der Waals surface area contributed by atoms with Crippen LogP contribution < -0.4 is 14.2 Å². The van der Waals surface area contributed by atoms with Crippen LogP contribution in [-0.2, 0) is 0 Å². The van der Waals surface area contributed by atoms with Crippen LogP contribution in [0, 0.1) is 0 Å². The number of Topliss-reactive ketones (excluding diaryl/α,β-unsaturated/α-hetero) is 4. The molecular weight excluding hydrogens is 508 g/mol. The molecule has 3 aromatic rings. The van der Waals surface area contributed by atoms with E-state index in [0.29, 0.717) is 0 Å². The van der Waals surface area contributed by atoms with Gasteiger partial charge in [0.2, 0.25) is 28.9 Å². The van der Waals surface area contributed by atoms with Crippen LogP contribution in [0.15, 0.2) is 30.3 Å². The van der Waals surface area contributed by atoms with Crippen LogP contribution in [0.2, 0.25) is 0 Å². The molecule has 198 valence electrons. The second-order valence-corrected chi connectivity index (χ2v) is 7.61. The molecule has 0 bridgehead atoms. The number of hydrogen-bond donors (Lipinski definition) is 6. The number of phenols is 6. The summed E-state index contributed by atoms with van der Waals surface area (Å²) < 4.78 is 15.6. The van der Waals surface area contributed by atoms with Crippen molar-refractivity contribution in [3.05, 3.63) is 52.6 Å². The standard InChI is InChI=1S/C25H20O13/c1-36-23-11(19(32)17(30)9-4-13(26)21(34)14(27)5-9)8-12(24(37-2)25(23)38-3)20(33)18(31)10-6-15(28)22(35)16(29)7-10/h4-8,26-29,34-35H,1-3H3. The van der Waals surface area contributed by atoms with E-state index in [1.807, 2.05) is 0 Å². The van der Waals surface area contributed by atoms with E-state index in [1.165, 1.54) is 0 Å². The van der Waals surface area contributed by atoms with Gasteiger partial charge in [-0.25, -0.2) is 0 Å². The topological polar surface area (TPSA) is 217 Å². The fourth-order valence-electron chi connectivity index (χ4n) is 3.53. The van der Waals surface area contributed by atoms with Crippen LogP contribution in [0.25, 0.3) is 0 Å². The van der Waals surface area contributed by atoms with E-state index >= 15 is 0 Å². The van der Waals surface area contributed by atoms with Gasteiger partial charge in [0, 0.05) is 11.1 Å². The van der Waals surface area contributed by atoms with Crippen molar-refractivity contribution in [3.63, 3.8) is 0 Å². The minimum Gasteiger partial charge on any atom is -0.504 e. The van der Waals surface area contributed by atoms with Crippen molar-refractivity contribution in [1.29, 1.82) is 0 Å². The van der Waals surface area contributed by atoms with Crippen molar-refractivity contribution in [2.45, 2.75) is 0 Å². The van der Waals surface area contributed by atoms with Gasteiger partial charge in [-0.2, -0.15) is 0 Å². The maximum Gasteiger partial charge on any atom is 0.237 e. The van der Waals surface area contributed by atoms with Crippen molar-refractivity contribution < 1.29 is 64.0 Å². The number of carbonyl (C=O) groups is 4. The molecule has 0 aliphatic heterocycles. The van der Waals surface area contributed by atoms with Gasteiger partial charge in [-0.3, -0.25) is 19.2 Å². The van der Waals surface area contributed by atoms with Gasteiger partial charge in [0.15, 0.2) is 46.0 Å². The fourth-order valence-corrected chi connectivity index (χ4v) is 3.53. The molecule has 0 spiro atoms. The third-order valence-electron chi connectivity index (χ3n) is 5.37. The van der Waals surface area contributed by atoms with Crippen molar-refractivity contribution in [1.82, 2.24) is 0 Å². The first-order valence-electron chi connectivity index (χ1n) is 10.4. The fraction of sp³-hybridized carbons (Fsp3) is 0.120. The van der Waals surface area contributed by atoms with E-state index in [-0.39, 0.29) is 17.2 Å². The van der Waals surface area contributed by atoms with Crippen molar-refractivity contribution >= 4 is 23.1 Å². The summed E-state index contributed by atoms with van der Waals surface area (Å²) in [6.07, 6.45) is 0. The molecule has 0 unspecified atom stereocenters. The minimum atomic E-state index is -1.33. The number of methoxy groups -OCH3 is 3. The molecule has 13 heteroatoms. The SMILES string of the molecule is COc1c(C(=O)C(=O)c2cc(O)c(O)c(O)c2)cc(C(=O)C(=O)c2cc(O)c(O)c(O)c2)c(OC)c1OC. The van der Waals surface area contributed by atoms with Crippen LogP contribution >= 0.6 is 0 Å². The second kappa shape index (κ2) is 10.3. The van der Waals surface area contributed by atoms with Gasteiger partial charge < -0.3 is 44.8 Å². The summed E-state index contributed by atoms with van der Waals surface area (Å²) in [5.74, 6) is -11.7. The van der Waals surface area contributed by atoms with Crippen LogP contribution in [0.5, 0.6) is 51.7 Å². The molecule has 0 radical (unpaired) electrons. The van der Waals surface area contributed by atoms with Gasteiger partial charge in [0.25, 0.3) is 0 Å². The molecule has 0 aromatic heterocycles. The number of phenolic OH excluding ortho intramolecular Hbond substituents is 6. The Morgan fingerprint density at radius 1 is 0.474 bits per heavy atom. The number of benzene rings is 3. The van der Waals surface area contributed by atoms with Gasteiger partial charge in [-0.15, -0.1) is 0 Å². The second-order valence-electron chi connectivity index (χ2n) is 7.61. The molecule has 3 aromatic carbocycles. The summed E-state index contributed by atoms with van der Waals surface area (Å²) in [4.78, 5) is 52.2. The first-order chi connectivity index (χ1) is 17.9. The summed E-state index contributed by atoms with van der Waals surface area (Å²) in [6.45, 7) is 0. The number of carbonyl (C=O) groups excluding carboxylic acids is 4. The maximum atomic E-state index is 13.2. The molecular formula is C25H20O13. The Balaban J connectivity index is 2.20. The molecule has 0 amide bonds. The first kappa shape index (κ1) is 27.1. The molecule has 6 N–H and O–H groups in total. The van der Waals surface area contributed by atoms with Gasteiger partial charge in [-0.05, 0) is 30.3 Å². The van der Waals surface area contributed by atoms with Crippen LogP contribution in [-0.4, -0.2) is 75.1 Å². The normalized spacial score (nSPS) is 10.5. The molecule has 0 aliphatic rings. The molecule has 38 heavy (non-hydrogen) atoms. The van der Waals surface area contributed by atoms with E-state index in [1.54, 1.807) is 0 Å². The molecule has 13 nitrogen and oxygen atoms in total. The van der Waals surface area contributed by atoms with Gasteiger partial charge in [0.05, 0.1) is 32.5 Å². The van der Waals surface area contributed by atoms with Crippen molar-refractivity contribution in [2.75, 3.05) is 21.3 Å². The number of ketones is 4. The highest BCUT2D eigenvalue weighted by Gasteiger charge is 2.33. The Labute approximate surface area is 213 Å². The smallest absolute Gasteiger partial charge is 0.237 e. The summed E-state index contributed by atoms with van der Waals surface area (Å²) in [6, 6.07) is 3.72. The average Bonchev–Trinajstić information content (AvgIpc) is 2.90. The summed E-state index contributed by atoms with van der Waals surface area (Å²) >= 11 is 0. The Kier molecular flexibility index (Phi) is 7.33. The zero-order valence-corrected chi connectivity index (χ0v) is 19.9. The van der Waals surface area contributed by atoms with Crippen LogP contribution in [0.4, 0.5) is 0 Å². The summed E-state index contributed by atoms with van der Waals surface area (Å²) in [7, 11) is 3.36. The number of hydrogen-bond acceptors (Lipinski definition) is 13. The lowest BCUT2D eigenvalue weighted by atomic mass is 9.93. The predicted octanol–water partition coefficient (Wildman–Crippen LogP) is 2.08. The van der Waals surface area contributed by atoms with Crippen LogP contribution in [0.1, 0.15) is 41.4 Å². The Morgan fingerprint density at radius 3 is 1.03 bits per heavy atom. The zero-order chi connectivity index (χ0) is 28.5. The molecule has 0 heterocycles. The molecule has 0 aliphatic carbocycles. The molecule has 0 saturated carbocycles. The number of ether oxygens (including phenoxy) is 3. The van der Waals surface area contributed by atoms with Gasteiger partial charge >= 0.3 is 0 Å². The number of aromatic hydroxyl groups is 6. The highest BCUT2D eigenvalue weighted by molar-refractivity contribution is 6.52. The number of rotatable bonds is 9. The molecule has 0 saturated heterocycles. The van der Waals surface area contributed by atoms with E-state index < -0.39 is 79.9 Å². The largest absolute Gasteiger partial charge is 0.504 e. The van der Waals surface area contributed by atoms with E-state index in [9.17, 15) is 49.8 Å². The minimum absolute atomic E-state index is 0.349. The van der Waals surface area contributed by atoms with E-state index in [4.69, 9.17) is 14.2 Å².